The molecule has 6 heteroatoms. The van der Waals surface area contributed by atoms with Gasteiger partial charge in [0.1, 0.15) is 0 Å². The van der Waals surface area contributed by atoms with Crippen molar-refractivity contribution in [3.8, 4) is 11.3 Å². The van der Waals surface area contributed by atoms with E-state index in [1.807, 2.05) is 17.0 Å². The van der Waals surface area contributed by atoms with Crippen molar-refractivity contribution in [3.05, 3.63) is 84.4 Å². The number of amides is 1. The van der Waals surface area contributed by atoms with E-state index < -0.39 is 0 Å². The van der Waals surface area contributed by atoms with E-state index in [4.69, 9.17) is 4.98 Å². The fraction of sp³-hybridized carbons (Fsp3) is 0.240. The van der Waals surface area contributed by atoms with Gasteiger partial charge in [0.2, 0.25) is 5.91 Å². The Balaban J connectivity index is 1.32. The molecule has 1 fully saturated rings. The second kappa shape index (κ2) is 8.70. The van der Waals surface area contributed by atoms with Crippen molar-refractivity contribution in [1.29, 1.82) is 0 Å². The lowest BCUT2D eigenvalue weighted by Crippen LogP contribution is -2.48. The van der Waals surface area contributed by atoms with E-state index in [0.29, 0.717) is 6.42 Å². The van der Waals surface area contributed by atoms with Crippen molar-refractivity contribution < 1.29 is 4.79 Å². The van der Waals surface area contributed by atoms with Crippen LogP contribution in [-0.2, 0) is 17.8 Å². The fourth-order valence-electron chi connectivity index (χ4n) is 4.18. The van der Waals surface area contributed by atoms with E-state index in [2.05, 4.69) is 63.4 Å². The number of carbonyl (C=O) groups is 1. The van der Waals surface area contributed by atoms with Crippen molar-refractivity contribution in [2.24, 2.45) is 0 Å². The molecule has 0 bridgehead atoms. The molecule has 2 aromatic carbocycles. The van der Waals surface area contributed by atoms with Crippen molar-refractivity contribution >= 4 is 16.8 Å². The van der Waals surface area contributed by atoms with Gasteiger partial charge in [-0.3, -0.25) is 9.69 Å². The molecule has 0 radical (unpaired) electrons. The number of para-hydroxylation sites is 1. The van der Waals surface area contributed by atoms with Crippen molar-refractivity contribution in [2.75, 3.05) is 26.2 Å². The number of fused-ring (bicyclic) bond motifs is 1. The molecule has 156 valence electrons. The molecule has 1 saturated heterocycles. The fourth-order valence-corrected chi connectivity index (χ4v) is 4.18. The monoisotopic (exact) mass is 411 g/mol. The standard InChI is InChI=1S/C25H25N5O/c31-24(15-22-16-26-18-27-22)30-12-10-29(11-13-30)17-21-14-20-8-4-5-9-23(20)28-25(21)19-6-2-1-3-7-19/h1-9,14,16,18H,10-13,15,17H2,(H,26,27). The first kappa shape index (κ1) is 19.5. The summed E-state index contributed by atoms with van der Waals surface area (Å²) in [5, 5.41) is 1.16. The summed E-state index contributed by atoms with van der Waals surface area (Å²) in [5.74, 6) is 0.143. The quantitative estimate of drug-likeness (QED) is 0.546. The zero-order valence-electron chi connectivity index (χ0n) is 17.4. The molecule has 1 amide bonds. The maximum Gasteiger partial charge on any atom is 0.228 e. The zero-order valence-corrected chi connectivity index (χ0v) is 17.4. The van der Waals surface area contributed by atoms with Gasteiger partial charge in [0.25, 0.3) is 0 Å². The molecule has 5 rings (SSSR count). The third kappa shape index (κ3) is 4.34. The van der Waals surface area contributed by atoms with Gasteiger partial charge in [-0.15, -0.1) is 0 Å². The van der Waals surface area contributed by atoms with Crippen LogP contribution in [0.5, 0.6) is 0 Å². The van der Waals surface area contributed by atoms with Crippen LogP contribution in [0.25, 0.3) is 22.2 Å². The Labute approximate surface area is 181 Å². The third-order valence-corrected chi connectivity index (χ3v) is 5.86. The van der Waals surface area contributed by atoms with Gasteiger partial charge in [-0.25, -0.2) is 9.97 Å². The number of aromatic amines is 1. The number of imidazole rings is 1. The molecule has 3 heterocycles. The minimum Gasteiger partial charge on any atom is -0.351 e. The molecule has 0 aliphatic carbocycles. The van der Waals surface area contributed by atoms with Gasteiger partial charge in [0, 0.05) is 49.9 Å². The summed E-state index contributed by atoms with van der Waals surface area (Å²) in [5.41, 5.74) is 5.20. The number of pyridine rings is 1. The highest BCUT2D eigenvalue weighted by molar-refractivity contribution is 5.83. The highest BCUT2D eigenvalue weighted by Crippen LogP contribution is 2.27. The lowest BCUT2D eigenvalue weighted by atomic mass is 10.0. The Morgan fingerprint density at radius 3 is 2.52 bits per heavy atom. The van der Waals surface area contributed by atoms with E-state index >= 15 is 0 Å². The highest BCUT2D eigenvalue weighted by Gasteiger charge is 2.22. The molecule has 6 nitrogen and oxygen atoms in total. The van der Waals surface area contributed by atoms with Gasteiger partial charge in [0.15, 0.2) is 0 Å². The van der Waals surface area contributed by atoms with Crippen LogP contribution in [-0.4, -0.2) is 56.8 Å². The maximum absolute atomic E-state index is 12.6. The first-order valence-electron chi connectivity index (χ1n) is 10.7. The number of piperazine rings is 1. The molecule has 31 heavy (non-hydrogen) atoms. The van der Waals surface area contributed by atoms with Crippen LogP contribution in [0.3, 0.4) is 0 Å². The molecule has 1 N–H and O–H groups in total. The van der Waals surface area contributed by atoms with Crippen LogP contribution < -0.4 is 0 Å². The summed E-state index contributed by atoms with van der Waals surface area (Å²) in [6.45, 7) is 4.01. The smallest absolute Gasteiger partial charge is 0.228 e. The molecule has 4 aromatic rings. The minimum absolute atomic E-state index is 0.143. The first-order valence-corrected chi connectivity index (χ1v) is 10.7. The first-order chi connectivity index (χ1) is 15.3. The third-order valence-electron chi connectivity index (χ3n) is 5.86. The van der Waals surface area contributed by atoms with Gasteiger partial charge in [-0.1, -0.05) is 48.5 Å². The van der Waals surface area contributed by atoms with Crippen molar-refractivity contribution in [3.63, 3.8) is 0 Å². The number of hydrogen-bond acceptors (Lipinski definition) is 4. The largest absolute Gasteiger partial charge is 0.351 e. The summed E-state index contributed by atoms with van der Waals surface area (Å²) in [7, 11) is 0. The molecule has 0 unspecified atom stereocenters. The van der Waals surface area contributed by atoms with Gasteiger partial charge >= 0.3 is 0 Å². The topological polar surface area (TPSA) is 65.1 Å². The number of H-pyrrole nitrogens is 1. The summed E-state index contributed by atoms with van der Waals surface area (Å²) in [4.78, 5) is 29.0. The van der Waals surface area contributed by atoms with E-state index in [1.54, 1.807) is 12.5 Å². The summed E-state index contributed by atoms with van der Waals surface area (Å²) >= 11 is 0. The van der Waals surface area contributed by atoms with Crippen molar-refractivity contribution in [1.82, 2.24) is 24.8 Å². The number of benzene rings is 2. The molecule has 0 spiro atoms. The minimum atomic E-state index is 0.143. The van der Waals surface area contributed by atoms with E-state index in [0.717, 1.165) is 60.6 Å². The van der Waals surface area contributed by atoms with Crippen LogP contribution in [0.2, 0.25) is 0 Å². The lowest BCUT2D eigenvalue weighted by Gasteiger charge is -2.35. The number of nitrogens with one attached hydrogen (secondary N) is 1. The predicted octanol–water partition coefficient (Wildman–Crippen LogP) is 3.51. The molecular weight excluding hydrogens is 386 g/mol. The molecule has 0 atom stereocenters. The Morgan fingerprint density at radius 1 is 0.968 bits per heavy atom. The van der Waals surface area contributed by atoms with E-state index in [1.165, 1.54) is 5.56 Å². The van der Waals surface area contributed by atoms with Gasteiger partial charge in [-0.2, -0.15) is 0 Å². The Hall–Kier alpha value is -3.51. The van der Waals surface area contributed by atoms with Crippen LogP contribution in [0, 0.1) is 0 Å². The lowest BCUT2D eigenvalue weighted by molar-refractivity contribution is -0.132. The van der Waals surface area contributed by atoms with Crippen LogP contribution in [0.1, 0.15) is 11.3 Å². The van der Waals surface area contributed by atoms with Crippen LogP contribution in [0.4, 0.5) is 0 Å². The summed E-state index contributed by atoms with van der Waals surface area (Å²) < 4.78 is 0. The van der Waals surface area contributed by atoms with Crippen molar-refractivity contribution in [2.45, 2.75) is 13.0 Å². The number of rotatable bonds is 5. The number of hydrogen-bond donors (Lipinski definition) is 1. The highest BCUT2D eigenvalue weighted by atomic mass is 16.2. The molecule has 1 aliphatic rings. The Morgan fingerprint density at radius 2 is 1.74 bits per heavy atom. The SMILES string of the molecule is O=C(Cc1c[nH]cn1)N1CCN(Cc2cc3ccccc3nc2-c2ccccc2)CC1. The molecule has 0 saturated carbocycles. The number of nitrogens with zero attached hydrogens (tertiary/aromatic N) is 4. The van der Waals surface area contributed by atoms with Crippen LogP contribution in [0.15, 0.2) is 73.2 Å². The summed E-state index contributed by atoms with van der Waals surface area (Å²) in [6, 6.07) is 20.9. The number of aromatic nitrogens is 3. The zero-order chi connectivity index (χ0) is 21.0. The van der Waals surface area contributed by atoms with Crippen LogP contribution >= 0.6 is 0 Å². The van der Waals surface area contributed by atoms with E-state index in [9.17, 15) is 4.79 Å². The normalized spacial score (nSPS) is 14.8. The van der Waals surface area contributed by atoms with Gasteiger partial charge in [-0.05, 0) is 17.7 Å². The average molecular weight is 412 g/mol. The maximum atomic E-state index is 12.6. The van der Waals surface area contributed by atoms with Gasteiger partial charge in [0.05, 0.1) is 29.7 Å². The molecule has 2 aromatic heterocycles. The molecular formula is C25H25N5O. The predicted molar refractivity (Wildman–Crippen MR) is 121 cm³/mol. The van der Waals surface area contributed by atoms with Gasteiger partial charge < -0.3 is 9.88 Å². The second-order valence-corrected chi connectivity index (χ2v) is 7.95. The Kier molecular flexibility index (Phi) is 5.46. The average Bonchev–Trinajstić information content (AvgIpc) is 3.33. The van der Waals surface area contributed by atoms with E-state index in [-0.39, 0.29) is 5.91 Å². The molecule has 1 aliphatic heterocycles. The number of carbonyl (C=O) groups excluding carboxylic acids is 1. The summed E-state index contributed by atoms with van der Waals surface area (Å²) in [6.07, 6.45) is 3.75. The second-order valence-electron chi connectivity index (χ2n) is 7.95. The Bertz CT molecular complexity index is 1170.